The van der Waals surface area contributed by atoms with Crippen molar-refractivity contribution in [3.05, 3.63) is 29.8 Å². The molecule has 0 aromatic heterocycles. The van der Waals surface area contributed by atoms with Crippen molar-refractivity contribution in [1.29, 1.82) is 0 Å². The molecule has 17 heavy (non-hydrogen) atoms. The van der Waals surface area contributed by atoms with Crippen LogP contribution in [0, 0.1) is 0 Å². The molecule has 1 aliphatic rings. The lowest BCUT2D eigenvalue weighted by Gasteiger charge is -2.28. The van der Waals surface area contributed by atoms with Crippen molar-refractivity contribution in [1.82, 2.24) is 0 Å². The number of benzene rings is 1. The molecule has 1 aromatic rings. The van der Waals surface area contributed by atoms with Crippen molar-refractivity contribution in [2.75, 3.05) is 16.8 Å². The van der Waals surface area contributed by atoms with Gasteiger partial charge in [0.15, 0.2) is 0 Å². The van der Waals surface area contributed by atoms with Gasteiger partial charge in [-0.1, -0.05) is 39.0 Å². The van der Waals surface area contributed by atoms with Crippen LogP contribution in [0.5, 0.6) is 0 Å². The van der Waals surface area contributed by atoms with Gasteiger partial charge in [0.2, 0.25) is 0 Å². The summed E-state index contributed by atoms with van der Waals surface area (Å²) < 4.78 is 0. The Bertz CT molecular complexity index is 361. The van der Waals surface area contributed by atoms with Crippen LogP contribution in [0.25, 0.3) is 0 Å². The van der Waals surface area contributed by atoms with E-state index in [1.165, 1.54) is 35.6 Å². The lowest BCUT2D eigenvalue weighted by molar-refractivity contribution is 0.587. The van der Waals surface area contributed by atoms with E-state index in [1.54, 1.807) is 0 Å². The van der Waals surface area contributed by atoms with Crippen molar-refractivity contribution < 1.29 is 0 Å². The normalized spacial score (nSPS) is 18.1. The van der Waals surface area contributed by atoms with Crippen LogP contribution in [0.3, 0.4) is 0 Å². The quantitative estimate of drug-likeness (QED) is 0.839. The lowest BCUT2D eigenvalue weighted by atomic mass is 9.85. The Morgan fingerprint density at radius 1 is 1.12 bits per heavy atom. The fourth-order valence-corrected chi connectivity index (χ4v) is 3.43. The van der Waals surface area contributed by atoms with Gasteiger partial charge >= 0.3 is 0 Å². The third-order valence-electron chi connectivity index (χ3n) is 3.32. The predicted octanol–water partition coefficient (Wildman–Crippen LogP) is 4.29. The van der Waals surface area contributed by atoms with E-state index in [2.05, 4.69) is 62.1 Å². The number of hydrogen-bond donors (Lipinski definition) is 1. The van der Waals surface area contributed by atoms with Crippen LogP contribution < -0.4 is 5.32 Å². The molecule has 1 N–H and O–H groups in total. The number of hydrogen-bond acceptors (Lipinski definition) is 2. The Kier molecular flexibility index (Phi) is 4.03. The maximum Gasteiger partial charge on any atom is 0.0380 e. The van der Waals surface area contributed by atoms with Crippen LogP contribution in [0.1, 0.15) is 39.2 Å². The van der Waals surface area contributed by atoms with Crippen molar-refractivity contribution in [3.8, 4) is 0 Å². The second-order valence-electron chi connectivity index (χ2n) is 5.83. The summed E-state index contributed by atoms with van der Waals surface area (Å²) in [6.07, 6.45) is 2.59. The van der Waals surface area contributed by atoms with Crippen molar-refractivity contribution in [2.24, 2.45) is 0 Å². The number of rotatable bonds is 2. The first-order chi connectivity index (χ1) is 8.07. The number of anilines is 1. The van der Waals surface area contributed by atoms with E-state index in [4.69, 9.17) is 0 Å². The van der Waals surface area contributed by atoms with Gasteiger partial charge in [-0.15, -0.1) is 0 Å². The largest absolute Gasteiger partial charge is 0.382 e. The van der Waals surface area contributed by atoms with Crippen LogP contribution in [0.15, 0.2) is 24.3 Å². The van der Waals surface area contributed by atoms with Crippen molar-refractivity contribution in [3.63, 3.8) is 0 Å². The summed E-state index contributed by atoms with van der Waals surface area (Å²) in [5.74, 6) is 2.60. The first kappa shape index (κ1) is 12.8. The first-order valence-corrected chi connectivity index (χ1v) is 7.66. The molecule has 2 rings (SSSR count). The molecule has 0 spiro atoms. The standard InChI is InChI=1S/C15H23NS/c1-15(2,3)13-6-4-5-7-14(13)16-12-8-10-17-11-9-12/h4-7,12,16H,8-11H2,1-3H3. The molecule has 1 saturated heterocycles. The van der Waals surface area contributed by atoms with E-state index >= 15 is 0 Å². The second-order valence-corrected chi connectivity index (χ2v) is 7.05. The van der Waals surface area contributed by atoms with E-state index in [9.17, 15) is 0 Å². The molecule has 1 aliphatic heterocycles. The van der Waals surface area contributed by atoms with E-state index < -0.39 is 0 Å². The SMILES string of the molecule is CC(C)(C)c1ccccc1NC1CCSCC1. The van der Waals surface area contributed by atoms with Gasteiger partial charge in [0.1, 0.15) is 0 Å². The zero-order valence-electron chi connectivity index (χ0n) is 11.1. The molecular weight excluding hydrogens is 226 g/mol. The van der Waals surface area contributed by atoms with E-state index in [1.807, 2.05) is 0 Å². The van der Waals surface area contributed by atoms with Crippen LogP contribution in [-0.4, -0.2) is 17.5 Å². The molecule has 1 fully saturated rings. The average Bonchev–Trinajstić information content (AvgIpc) is 2.30. The fraction of sp³-hybridized carbons (Fsp3) is 0.600. The van der Waals surface area contributed by atoms with Gasteiger partial charge in [0.05, 0.1) is 0 Å². The Morgan fingerprint density at radius 2 is 1.76 bits per heavy atom. The van der Waals surface area contributed by atoms with Crippen molar-refractivity contribution in [2.45, 2.75) is 45.1 Å². The maximum atomic E-state index is 3.74. The molecule has 0 saturated carbocycles. The summed E-state index contributed by atoms with van der Waals surface area (Å²) in [5, 5.41) is 3.74. The zero-order valence-corrected chi connectivity index (χ0v) is 11.9. The molecule has 0 amide bonds. The second kappa shape index (κ2) is 5.34. The highest BCUT2D eigenvalue weighted by Crippen LogP contribution is 2.31. The van der Waals surface area contributed by atoms with Gasteiger partial charge < -0.3 is 5.32 Å². The summed E-state index contributed by atoms with van der Waals surface area (Å²) in [6.45, 7) is 6.85. The molecule has 1 nitrogen and oxygen atoms in total. The van der Waals surface area contributed by atoms with Gasteiger partial charge in [-0.05, 0) is 41.4 Å². The minimum Gasteiger partial charge on any atom is -0.382 e. The topological polar surface area (TPSA) is 12.0 Å². The molecule has 0 aliphatic carbocycles. The van der Waals surface area contributed by atoms with E-state index in [0.717, 1.165) is 0 Å². The molecular formula is C15H23NS. The van der Waals surface area contributed by atoms with Crippen LogP contribution in [0.2, 0.25) is 0 Å². The monoisotopic (exact) mass is 249 g/mol. The minimum atomic E-state index is 0.215. The number of thioether (sulfide) groups is 1. The lowest BCUT2D eigenvalue weighted by Crippen LogP contribution is -2.26. The summed E-state index contributed by atoms with van der Waals surface area (Å²) in [7, 11) is 0. The molecule has 1 heterocycles. The highest BCUT2D eigenvalue weighted by molar-refractivity contribution is 7.99. The molecule has 0 radical (unpaired) electrons. The third-order valence-corrected chi connectivity index (χ3v) is 4.36. The Hall–Kier alpha value is -0.630. The van der Waals surface area contributed by atoms with Gasteiger partial charge in [0.25, 0.3) is 0 Å². The average molecular weight is 249 g/mol. The van der Waals surface area contributed by atoms with Crippen LogP contribution in [0.4, 0.5) is 5.69 Å². The molecule has 0 atom stereocenters. The van der Waals surface area contributed by atoms with Gasteiger partial charge in [-0.25, -0.2) is 0 Å². The molecule has 0 unspecified atom stereocenters. The van der Waals surface area contributed by atoms with Crippen LogP contribution in [-0.2, 0) is 5.41 Å². The van der Waals surface area contributed by atoms with Gasteiger partial charge in [0, 0.05) is 11.7 Å². The summed E-state index contributed by atoms with van der Waals surface area (Å²) in [4.78, 5) is 0. The smallest absolute Gasteiger partial charge is 0.0380 e. The zero-order chi connectivity index (χ0) is 12.3. The Labute approximate surface area is 109 Å². The summed E-state index contributed by atoms with van der Waals surface area (Å²) in [6, 6.07) is 9.42. The van der Waals surface area contributed by atoms with E-state index in [0.29, 0.717) is 6.04 Å². The Balaban J connectivity index is 2.14. The minimum absolute atomic E-state index is 0.215. The number of nitrogens with one attached hydrogen (secondary N) is 1. The Morgan fingerprint density at radius 3 is 2.41 bits per heavy atom. The summed E-state index contributed by atoms with van der Waals surface area (Å²) in [5.41, 5.74) is 2.97. The molecule has 2 heteroatoms. The first-order valence-electron chi connectivity index (χ1n) is 6.51. The molecule has 94 valence electrons. The predicted molar refractivity (Wildman–Crippen MR) is 79.1 cm³/mol. The maximum absolute atomic E-state index is 3.74. The number of para-hydroxylation sites is 1. The molecule has 1 aromatic carbocycles. The van der Waals surface area contributed by atoms with Crippen molar-refractivity contribution >= 4 is 17.4 Å². The summed E-state index contributed by atoms with van der Waals surface area (Å²) >= 11 is 2.08. The third kappa shape index (κ3) is 3.41. The molecule has 0 bridgehead atoms. The van der Waals surface area contributed by atoms with Crippen LogP contribution >= 0.6 is 11.8 Å². The highest BCUT2D eigenvalue weighted by atomic mass is 32.2. The highest BCUT2D eigenvalue weighted by Gasteiger charge is 2.20. The van der Waals surface area contributed by atoms with Gasteiger partial charge in [-0.2, -0.15) is 11.8 Å². The van der Waals surface area contributed by atoms with Gasteiger partial charge in [-0.3, -0.25) is 0 Å². The van der Waals surface area contributed by atoms with E-state index in [-0.39, 0.29) is 5.41 Å². The fourth-order valence-electron chi connectivity index (χ4n) is 2.32.